The minimum atomic E-state index is -0.827. The predicted octanol–water partition coefficient (Wildman–Crippen LogP) is 1.25. The lowest BCUT2D eigenvalue weighted by Gasteiger charge is -2.37. The summed E-state index contributed by atoms with van der Waals surface area (Å²) < 4.78 is 0. The molecular formula is C13H16N2O3. The molecule has 0 aliphatic heterocycles. The van der Waals surface area contributed by atoms with E-state index >= 15 is 0 Å². The fraction of sp³-hybridized carbons (Fsp3) is 0.385. The van der Waals surface area contributed by atoms with Crippen LogP contribution < -0.4 is 11.1 Å². The highest BCUT2D eigenvalue weighted by molar-refractivity contribution is 5.94. The Kier molecular flexibility index (Phi) is 3.23. The van der Waals surface area contributed by atoms with E-state index < -0.39 is 11.4 Å². The first-order valence-electron chi connectivity index (χ1n) is 5.91. The van der Waals surface area contributed by atoms with E-state index in [-0.39, 0.29) is 12.5 Å². The highest BCUT2D eigenvalue weighted by Crippen LogP contribution is 2.40. The number of carboxylic acids is 1. The van der Waals surface area contributed by atoms with Crippen molar-refractivity contribution >= 4 is 17.6 Å². The molecule has 0 unspecified atom stereocenters. The van der Waals surface area contributed by atoms with Gasteiger partial charge in [0.2, 0.25) is 0 Å². The van der Waals surface area contributed by atoms with Crippen LogP contribution in [0.25, 0.3) is 0 Å². The first-order valence-corrected chi connectivity index (χ1v) is 5.91. The van der Waals surface area contributed by atoms with Crippen LogP contribution in [0.1, 0.15) is 29.6 Å². The summed E-state index contributed by atoms with van der Waals surface area (Å²) in [5.74, 6) is -1.09. The molecule has 1 aliphatic carbocycles. The zero-order chi connectivity index (χ0) is 13.2. The molecule has 1 aromatic rings. The van der Waals surface area contributed by atoms with Crippen molar-refractivity contribution in [1.82, 2.24) is 5.32 Å². The van der Waals surface area contributed by atoms with Gasteiger partial charge in [-0.25, -0.2) is 0 Å². The number of carbonyl (C=O) groups excluding carboxylic acids is 1. The number of nitrogens with two attached hydrogens (primary N) is 1. The number of carboxylic acid groups (broad SMARTS) is 1. The van der Waals surface area contributed by atoms with Crippen LogP contribution in [0, 0.1) is 5.41 Å². The number of anilines is 1. The van der Waals surface area contributed by atoms with E-state index in [9.17, 15) is 9.59 Å². The average molecular weight is 248 g/mol. The van der Waals surface area contributed by atoms with Gasteiger partial charge in [0, 0.05) is 17.8 Å². The number of carbonyl (C=O) groups is 2. The average Bonchev–Trinajstić information content (AvgIpc) is 2.27. The van der Waals surface area contributed by atoms with Gasteiger partial charge >= 0.3 is 5.97 Å². The molecule has 0 radical (unpaired) electrons. The van der Waals surface area contributed by atoms with Crippen molar-refractivity contribution in [3.63, 3.8) is 0 Å². The topological polar surface area (TPSA) is 92.4 Å². The maximum absolute atomic E-state index is 11.8. The fourth-order valence-corrected chi connectivity index (χ4v) is 2.06. The first kappa shape index (κ1) is 12.4. The van der Waals surface area contributed by atoms with Gasteiger partial charge in [-0.1, -0.05) is 6.42 Å². The zero-order valence-corrected chi connectivity index (χ0v) is 9.98. The van der Waals surface area contributed by atoms with E-state index in [4.69, 9.17) is 10.8 Å². The van der Waals surface area contributed by atoms with E-state index in [1.54, 1.807) is 24.3 Å². The summed E-state index contributed by atoms with van der Waals surface area (Å²) in [6.07, 6.45) is 2.17. The molecule has 0 saturated heterocycles. The number of amides is 1. The summed E-state index contributed by atoms with van der Waals surface area (Å²) in [4.78, 5) is 22.9. The van der Waals surface area contributed by atoms with Gasteiger partial charge < -0.3 is 16.2 Å². The van der Waals surface area contributed by atoms with Crippen molar-refractivity contribution in [2.24, 2.45) is 5.41 Å². The number of hydrogen-bond donors (Lipinski definition) is 3. The molecule has 4 N–H and O–H groups in total. The Labute approximate surface area is 105 Å². The summed E-state index contributed by atoms with van der Waals surface area (Å²) in [7, 11) is 0. The Bertz CT molecular complexity index is 464. The van der Waals surface area contributed by atoms with Crippen molar-refractivity contribution in [2.45, 2.75) is 19.3 Å². The van der Waals surface area contributed by atoms with Crippen LogP contribution >= 0.6 is 0 Å². The fourth-order valence-electron chi connectivity index (χ4n) is 2.06. The third-order valence-electron chi connectivity index (χ3n) is 3.52. The SMILES string of the molecule is Nc1ccc(C(=O)NCC2(C(=O)O)CCC2)cc1. The maximum Gasteiger partial charge on any atom is 0.311 e. The number of nitrogen functional groups attached to an aromatic ring is 1. The standard InChI is InChI=1S/C13H16N2O3/c14-10-4-2-9(3-5-10)11(16)15-8-13(12(17)18)6-1-7-13/h2-5H,1,6-8,14H2,(H,15,16)(H,17,18). The molecule has 1 saturated carbocycles. The largest absolute Gasteiger partial charge is 0.481 e. The van der Waals surface area contributed by atoms with Crippen LogP contribution in [0.15, 0.2) is 24.3 Å². The lowest BCUT2D eigenvalue weighted by Crippen LogP contribution is -2.47. The van der Waals surface area contributed by atoms with Gasteiger partial charge in [-0.2, -0.15) is 0 Å². The van der Waals surface area contributed by atoms with Gasteiger partial charge in [-0.05, 0) is 37.1 Å². The second-order valence-corrected chi connectivity index (χ2v) is 4.74. The van der Waals surface area contributed by atoms with Crippen LogP contribution in [0.5, 0.6) is 0 Å². The van der Waals surface area contributed by atoms with Crippen LogP contribution in [0.4, 0.5) is 5.69 Å². The van der Waals surface area contributed by atoms with Crippen molar-refractivity contribution in [2.75, 3.05) is 12.3 Å². The Balaban J connectivity index is 1.96. The monoisotopic (exact) mass is 248 g/mol. The second kappa shape index (κ2) is 4.68. The first-order chi connectivity index (χ1) is 8.53. The Morgan fingerprint density at radius 2 is 1.89 bits per heavy atom. The van der Waals surface area contributed by atoms with Gasteiger partial charge in [-0.3, -0.25) is 9.59 Å². The quantitative estimate of drug-likeness (QED) is 0.699. The van der Waals surface area contributed by atoms with Crippen LogP contribution in [-0.2, 0) is 4.79 Å². The number of aliphatic carboxylic acids is 1. The maximum atomic E-state index is 11.8. The molecule has 5 nitrogen and oxygen atoms in total. The van der Waals surface area contributed by atoms with E-state index in [1.165, 1.54) is 0 Å². The molecule has 5 heteroatoms. The lowest BCUT2D eigenvalue weighted by molar-refractivity contribution is -0.153. The molecule has 2 rings (SSSR count). The summed E-state index contributed by atoms with van der Waals surface area (Å²) in [5, 5.41) is 11.8. The molecule has 1 amide bonds. The van der Waals surface area contributed by atoms with Gasteiger partial charge in [0.1, 0.15) is 0 Å². The molecule has 0 atom stereocenters. The number of benzene rings is 1. The van der Waals surface area contributed by atoms with Crippen LogP contribution in [0.2, 0.25) is 0 Å². The molecule has 0 spiro atoms. The summed E-state index contributed by atoms with van der Waals surface area (Å²) in [5.41, 5.74) is 5.85. The highest BCUT2D eigenvalue weighted by atomic mass is 16.4. The van der Waals surface area contributed by atoms with Gasteiger partial charge in [0.05, 0.1) is 5.41 Å². The molecule has 96 valence electrons. The van der Waals surface area contributed by atoms with Gasteiger partial charge in [0.25, 0.3) is 5.91 Å². The molecule has 0 heterocycles. The number of hydrogen-bond acceptors (Lipinski definition) is 3. The molecule has 1 fully saturated rings. The van der Waals surface area contributed by atoms with Gasteiger partial charge in [0.15, 0.2) is 0 Å². The molecule has 0 aromatic heterocycles. The highest BCUT2D eigenvalue weighted by Gasteiger charge is 2.44. The smallest absolute Gasteiger partial charge is 0.311 e. The predicted molar refractivity (Wildman–Crippen MR) is 67.1 cm³/mol. The Morgan fingerprint density at radius 1 is 1.28 bits per heavy atom. The normalized spacial score (nSPS) is 16.7. The minimum absolute atomic E-state index is 0.186. The Hall–Kier alpha value is -2.04. The summed E-state index contributed by atoms with van der Waals surface area (Å²) in [6.45, 7) is 0.186. The van der Waals surface area contributed by atoms with E-state index in [0.29, 0.717) is 24.1 Å². The minimum Gasteiger partial charge on any atom is -0.481 e. The van der Waals surface area contributed by atoms with E-state index in [2.05, 4.69) is 5.32 Å². The third kappa shape index (κ3) is 2.30. The summed E-state index contributed by atoms with van der Waals surface area (Å²) in [6, 6.07) is 6.54. The molecular weight excluding hydrogens is 232 g/mol. The summed E-state index contributed by atoms with van der Waals surface area (Å²) >= 11 is 0. The van der Waals surface area contributed by atoms with Crippen molar-refractivity contribution < 1.29 is 14.7 Å². The molecule has 1 aliphatic rings. The van der Waals surface area contributed by atoms with Crippen molar-refractivity contribution in [3.8, 4) is 0 Å². The number of rotatable bonds is 4. The van der Waals surface area contributed by atoms with Crippen molar-refractivity contribution in [3.05, 3.63) is 29.8 Å². The molecule has 1 aromatic carbocycles. The number of nitrogens with one attached hydrogen (secondary N) is 1. The van der Waals surface area contributed by atoms with Crippen LogP contribution in [-0.4, -0.2) is 23.5 Å². The molecule has 18 heavy (non-hydrogen) atoms. The lowest BCUT2D eigenvalue weighted by atomic mass is 9.69. The van der Waals surface area contributed by atoms with E-state index in [0.717, 1.165) is 6.42 Å². The van der Waals surface area contributed by atoms with Gasteiger partial charge in [-0.15, -0.1) is 0 Å². The second-order valence-electron chi connectivity index (χ2n) is 4.74. The molecule has 0 bridgehead atoms. The van der Waals surface area contributed by atoms with E-state index in [1.807, 2.05) is 0 Å². The Morgan fingerprint density at radius 3 is 2.33 bits per heavy atom. The van der Waals surface area contributed by atoms with Crippen LogP contribution in [0.3, 0.4) is 0 Å². The van der Waals surface area contributed by atoms with Crippen molar-refractivity contribution in [1.29, 1.82) is 0 Å². The zero-order valence-electron chi connectivity index (χ0n) is 9.98. The third-order valence-corrected chi connectivity index (χ3v) is 3.52.